The average molecular weight is 840 g/mol. The van der Waals surface area contributed by atoms with Gasteiger partial charge in [0.2, 0.25) is 0 Å². The molecule has 0 N–H and O–H groups in total. The topological polar surface area (TPSA) is 153 Å². The molecule has 0 saturated carbocycles. The van der Waals surface area contributed by atoms with Gasteiger partial charge in [-0.3, -0.25) is 19.5 Å². The Bertz CT molecular complexity index is 2480. The predicted octanol–water partition coefficient (Wildman–Crippen LogP) is 6.96. The van der Waals surface area contributed by atoms with Gasteiger partial charge in [-0.05, 0) is 87.0 Å². The van der Waals surface area contributed by atoms with Crippen LogP contribution in [-0.4, -0.2) is 50.5 Å². The number of esters is 1. The number of halogens is 2. The SMILES string of the molecule is CCOC(=O)C1=C(C)N=c2s/c(=C/c3cc([N+](=O)[O-])ccc3Sc3nnc(-c4cccc(Cl)c4)n3CC)c(=O)n2[C@@H]1c1cc(OCC)c(OC)cc1Br. The molecule has 0 fully saturated rings. The van der Waals surface area contributed by atoms with E-state index in [1.54, 1.807) is 50.3 Å². The van der Waals surface area contributed by atoms with Crippen LogP contribution in [0.15, 0.2) is 90.2 Å². The van der Waals surface area contributed by atoms with Gasteiger partial charge in [0.25, 0.3) is 11.2 Å². The van der Waals surface area contributed by atoms with Gasteiger partial charge >= 0.3 is 5.97 Å². The molecule has 1 aliphatic rings. The smallest absolute Gasteiger partial charge is 0.338 e. The number of hydrogen-bond acceptors (Lipinski definition) is 12. The summed E-state index contributed by atoms with van der Waals surface area (Å²) in [7, 11) is 1.52. The van der Waals surface area contributed by atoms with Crippen molar-refractivity contribution < 1.29 is 23.9 Å². The number of nitro groups is 1. The second-order valence-electron chi connectivity index (χ2n) is 11.4. The zero-order valence-electron chi connectivity index (χ0n) is 29.1. The van der Waals surface area contributed by atoms with E-state index in [0.717, 1.165) is 16.9 Å². The molecule has 1 atom stereocenters. The molecule has 0 aliphatic carbocycles. The lowest BCUT2D eigenvalue weighted by Gasteiger charge is -2.26. The predicted molar refractivity (Wildman–Crippen MR) is 206 cm³/mol. The third kappa shape index (κ3) is 7.54. The highest BCUT2D eigenvalue weighted by Crippen LogP contribution is 2.41. The number of carbonyl (C=O) groups is 1. The average Bonchev–Trinajstić information content (AvgIpc) is 3.68. The Balaban J connectivity index is 1.53. The maximum Gasteiger partial charge on any atom is 0.338 e. The minimum Gasteiger partial charge on any atom is -0.493 e. The Labute approximate surface area is 324 Å². The second-order valence-corrected chi connectivity index (χ2v) is 14.7. The summed E-state index contributed by atoms with van der Waals surface area (Å²) in [6.45, 7) is 8.17. The van der Waals surface area contributed by atoms with Crippen molar-refractivity contribution in [3.8, 4) is 22.9 Å². The Morgan fingerprint density at radius 2 is 1.91 bits per heavy atom. The third-order valence-corrected chi connectivity index (χ3v) is 11.2. The summed E-state index contributed by atoms with van der Waals surface area (Å²) in [6, 6.07) is 14.2. The first-order valence-corrected chi connectivity index (χ1v) is 19.1. The van der Waals surface area contributed by atoms with Gasteiger partial charge in [-0.25, -0.2) is 9.79 Å². The van der Waals surface area contributed by atoms with Crippen LogP contribution in [0.2, 0.25) is 5.02 Å². The molecule has 274 valence electrons. The quantitative estimate of drug-likeness (QED) is 0.0733. The number of benzene rings is 3. The Morgan fingerprint density at radius 3 is 2.58 bits per heavy atom. The second kappa shape index (κ2) is 16.1. The molecular formula is C36H32BrClN6O7S2. The van der Waals surface area contributed by atoms with Crippen LogP contribution >= 0.6 is 50.6 Å². The van der Waals surface area contributed by atoms with Crippen molar-refractivity contribution in [2.45, 2.75) is 50.3 Å². The molecule has 0 radical (unpaired) electrons. The molecule has 13 nitrogen and oxygen atoms in total. The van der Waals surface area contributed by atoms with E-state index in [-0.39, 0.29) is 22.4 Å². The minimum atomic E-state index is -0.959. The van der Waals surface area contributed by atoms with Gasteiger partial charge < -0.3 is 18.8 Å². The number of allylic oxidation sites excluding steroid dienone is 1. The van der Waals surface area contributed by atoms with Gasteiger partial charge in [-0.2, -0.15) is 0 Å². The van der Waals surface area contributed by atoms with Crippen LogP contribution in [0.4, 0.5) is 5.69 Å². The van der Waals surface area contributed by atoms with Crippen molar-refractivity contribution in [3.63, 3.8) is 0 Å². The molecule has 3 heterocycles. The summed E-state index contributed by atoms with van der Waals surface area (Å²) < 4.78 is 21.0. The lowest BCUT2D eigenvalue weighted by atomic mass is 9.95. The number of non-ortho nitro benzene ring substituents is 1. The molecule has 0 bridgehead atoms. The largest absolute Gasteiger partial charge is 0.493 e. The maximum absolute atomic E-state index is 14.5. The summed E-state index contributed by atoms with van der Waals surface area (Å²) in [5.41, 5.74) is 1.67. The van der Waals surface area contributed by atoms with E-state index in [4.69, 9.17) is 25.8 Å². The number of nitrogens with zero attached hydrogens (tertiary/aromatic N) is 6. The molecule has 0 spiro atoms. The lowest BCUT2D eigenvalue weighted by Crippen LogP contribution is -2.40. The summed E-state index contributed by atoms with van der Waals surface area (Å²) >= 11 is 12.2. The van der Waals surface area contributed by atoms with E-state index in [1.807, 2.05) is 30.5 Å². The highest BCUT2D eigenvalue weighted by Gasteiger charge is 2.35. The number of ether oxygens (including phenoxy) is 3. The van der Waals surface area contributed by atoms with Crippen LogP contribution in [0.3, 0.4) is 0 Å². The number of fused-ring (bicyclic) bond motifs is 1. The molecule has 0 saturated heterocycles. The van der Waals surface area contributed by atoms with Gasteiger partial charge in [0, 0.05) is 38.6 Å². The van der Waals surface area contributed by atoms with Gasteiger partial charge in [-0.1, -0.05) is 51.0 Å². The number of rotatable bonds is 12. The monoisotopic (exact) mass is 838 g/mol. The third-order valence-electron chi connectivity index (χ3n) is 8.20. The molecule has 6 rings (SSSR count). The van der Waals surface area contributed by atoms with Gasteiger partial charge in [-0.15, -0.1) is 10.2 Å². The number of nitro benzene ring substituents is 1. The molecule has 17 heteroatoms. The van der Waals surface area contributed by atoms with Gasteiger partial charge in [0.05, 0.1) is 47.1 Å². The van der Waals surface area contributed by atoms with Crippen molar-refractivity contribution in [2.75, 3.05) is 20.3 Å². The highest BCUT2D eigenvalue weighted by atomic mass is 79.9. The maximum atomic E-state index is 14.5. The fraction of sp³-hybridized carbons (Fsp3) is 0.250. The number of thiazole rings is 1. The highest BCUT2D eigenvalue weighted by molar-refractivity contribution is 9.10. The molecule has 0 unspecified atom stereocenters. The molecule has 5 aromatic rings. The number of methoxy groups -OCH3 is 1. The first kappa shape index (κ1) is 38.0. The van der Waals surface area contributed by atoms with E-state index in [2.05, 4.69) is 31.1 Å². The van der Waals surface area contributed by atoms with E-state index >= 15 is 0 Å². The lowest BCUT2D eigenvalue weighted by molar-refractivity contribution is -0.384. The molecule has 53 heavy (non-hydrogen) atoms. The van der Waals surface area contributed by atoms with Crippen LogP contribution < -0.4 is 24.4 Å². The molecule has 3 aromatic carbocycles. The van der Waals surface area contributed by atoms with Gasteiger partial charge in [0.1, 0.15) is 0 Å². The van der Waals surface area contributed by atoms with Crippen LogP contribution in [-0.2, 0) is 16.1 Å². The first-order chi connectivity index (χ1) is 25.5. The summed E-state index contributed by atoms with van der Waals surface area (Å²) in [5.74, 6) is 0.870. The normalized spacial score (nSPS) is 14.2. The summed E-state index contributed by atoms with van der Waals surface area (Å²) in [4.78, 5) is 45.1. The Morgan fingerprint density at radius 1 is 1.11 bits per heavy atom. The molecule has 0 amide bonds. The van der Waals surface area contributed by atoms with E-state index in [9.17, 15) is 19.7 Å². The van der Waals surface area contributed by atoms with Crippen LogP contribution in [0.1, 0.15) is 44.9 Å². The van der Waals surface area contributed by atoms with Crippen molar-refractivity contribution in [1.82, 2.24) is 19.3 Å². The van der Waals surface area contributed by atoms with Gasteiger partial charge in [0.15, 0.2) is 27.3 Å². The Kier molecular flexibility index (Phi) is 11.5. The Hall–Kier alpha value is -4.77. The fourth-order valence-corrected chi connectivity index (χ4v) is 8.60. The molecule has 1 aliphatic heterocycles. The van der Waals surface area contributed by atoms with Crippen LogP contribution in [0, 0.1) is 10.1 Å². The van der Waals surface area contributed by atoms with Crippen molar-refractivity contribution >= 4 is 68.4 Å². The summed E-state index contributed by atoms with van der Waals surface area (Å²) in [5, 5.41) is 21.9. The van der Waals surface area contributed by atoms with Crippen molar-refractivity contribution in [1.29, 1.82) is 0 Å². The van der Waals surface area contributed by atoms with Crippen LogP contribution in [0.25, 0.3) is 17.5 Å². The van der Waals surface area contributed by atoms with Crippen LogP contribution in [0.5, 0.6) is 11.5 Å². The molecular weight excluding hydrogens is 808 g/mol. The molecule has 2 aromatic heterocycles. The van der Waals surface area contributed by atoms with E-state index in [1.165, 1.54) is 35.6 Å². The van der Waals surface area contributed by atoms with Crippen molar-refractivity contribution in [3.05, 3.63) is 116 Å². The number of carbonyl (C=O) groups excluding carboxylic acids is 1. The minimum absolute atomic E-state index is 0.111. The van der Waals surface area contributed by atoms with E-state index < -0.39 is 22.5 Å². The number of aromatic nitrogens is 4. The van der Waals surface area contributed by atoms with Crippen molar-refractivity contribution in [2.24, 2.45) is 4.99 Å². The summed E-state index contributed by atoms with van der Waals surface area (Å²) in [6.07, 6.45) is 1.60. The fourth-order valence-electron chi connectivity index (χ4n) is 5.86. The van der Waals surface area contributed by atoms with E-state index in [0.29, 0.717) is 71.6 Å². The standard InChI is InChI=1S/C36H32BrClN6O7S2/c1-6-42-32(20-10-9-11-22(38)14-20)40-41-36(42)52-28-13-12-23(44(47)48)15-21(28)16-29-33(45)43-31(24-17-27(50-7-2)26(49-5)18-25(24)37)30(34(46)51-8-3)19(4)39-35(43)53-29/h9-18,31H,6-8H2,1-5H3/b29-16+/t31-/m1/s1. The first-order valence-electron chi connectivity index (χ1n) is 16.3. The zero-order valence-corrected chi connectivity index (χ0v) is 33.1. The zero-order chi connectivity index (χ0) is 38.0. The number of hydrogen-bond donors (Lipinski definition) is 0.